The van der Waals surface area contributed by atoms with E-state index in [1.54, 1.807) is 0 Å². The maximum absolute atomic E-state index is 12.2. The van der Waals surface area contributed by atoms with Gasteiger partial charge in [-0.05, 0) is 42.7 Å². The molecule has 6 heteroatoms. The number of hydrogen-bond donors (Lipinski definition) is 2. The van der Waals surface area contributed by atoms with Crippen LogP contribution in [0.3, 0.4) is 0 Å². The van der Waals surface area contributed by atoms with Crippen molar-refractivity contribution in [2.24, 2.45) is 0 Å². The third-order valence-electron chi connectivity index (χ3n) is 3.81. The summed E-state index contributed by atoms with van der Waals surface area (Å²) in [4.78, 5) is 15.3. The zero-order valence-corrected chi connectivity index (χ0v) is 13.7. The quantitative estimate of drug-likeness (QED) is 0.844. The van der Waals surface area contributed by atoms with Gasteiger partial charge in [-0.1, -0.05) is 17.7 Å². The molecule has 1 aromatic carbocycles. The molecule has 0 unspecified atom stereocenters. The number of fused-ring (bicyclic) bond motifs is 1. The molecule has 0 fully saturated rings. The molecule has 0 radical (unpaired) electrons. The second-order valence-corrected chi connectivity index (χ2v) is 7.15. The van der Waals surface area contributed by atoms with Crippen molar-refractivity contribution in [3.63, 3.8) is 0 Å². The van der Waals surface area contributed by atoms with E-state index in [0.29, 0.717) is 13.1 Å². The van der Waals surface area contributed by atoms with E-state index in [9.17, 15) is 4.79 Å². The van der Waals surface area contributed by atoms with Crippen LogP contribution >= 0.6 is 22.9 Å². The fraction of sp³-hybridized carbons (Fsp3) is 0.312. The summed E-state index contributed by atoms with van der Waals surface area (Å²) in [5.41, 5.74) is 9.09. The Kier molecular flexibility index (Phi) is 4.55. The Morgan fingerprint density at radius 2 is 2.23 bits per heavy atom. The Morgan fingerprint density at radius 3 is 3.00 bits per heavy atom. The molecular weight excluding hydrogens is 318 g/mol. The highest BCUT2D eigenvalue weighted by Gasteiger charge is 2.20. The first-order chi connectivity index (χ1) is 10.6. The number of hydrogen-bond acceptors (Lipinski definition) is 4. The molecule has 0 bridgehead atoms. The highest BCUT2D eigenvalue weighted by molar-refractivity contribution is 7.16. The smallest absolute Gasteiger partial charge is 0.239 e. The number of halogens is 1. The average Bonchev–Trinajstić information content (AvgIpc) is 2.92. The van der Waals surface area contributed by atoms with Crippen LogP contribution in [-0.4, -0.2) is 19.0 Å². The highest BCUT2D eigenvalue weighted by atomic mass is 35.5. The Balaban J connectivity index is 1.62. The summed E-state index contributed by atoms with van der Waals surface area (Å²) in [6.45, 7) is 1.76. The predicted octanol–water partition coefficient (Wildman–Crippen LogP) is 3.05. The number of thiophene rings is 1. The summed E-state index contributed by atoms with van der Waals surface area (Å²) < 4.78 is 0.740. The monoisotopic (exact) mass is 335 g/mol. The molecule has 3 N–H and O–H groups in total. The number of anilines is 2. The van der Waals surface area contributed by atoms with E-state index in [0.717, 1.165) is 45.5 Å². The minimum atomic E-state index is 0.0137. The number of nitrogens with one attached hydrogen (secondary N) is 1. The molecule has 1 aromatic heterocycles. The van der Waals surface area contributed by atoms with Gasteiger partial charge in [0.2, 0.25) is 5.91 Å². The first kappa shape index (κ1) is 15.2. The van der Waals surface area contributed by atoms with Crippen LogP contribution in [0.5, 0.6) is 0 Å². The Labute approximate surface area is 138 Å². The van der Waals surface area contributed by atoms with E-state index in [4.69, 9.17) is 17.3 Å². The number of carbonyl (C=O) groups is 1. The molecule has 3 rings (SSSR count). The molecule has 2 heterocycles. The Hall–Kier alpha value is -1.72. The number of amides is 1. The fourth-order valence-corrected chi connectivity index (χ4v) is 3.78. The summed E-state index contributed by atoms with van der Waals surface area (Å²) in [5, 5.41) is 2.94. The van der Waals surface area contributed by atoms with Gasteiger partial charge in [-0.3, -0.25) is 4.79 Å². The summed E-state index contributed by atoms with van der Waals surface area (Å²) >= 11 is 7.38. The van der Waals surface area contributed by atoms with Gasteiger partial charge in [0.1, 0.15) is 0 Å². The van der Waals surface area contributed by atoms with Crippen LogP contribution in [0.4, 0.5) is 11.4 Å². The number of benzene rings is 1. The minimum Gasteiger partial charge on any atom is -0.398 e. The van der Waals surface area contributed by atoms with Gasteiger partial charge in [0.05, 0.1) is 17.4 Å². The molecule has 2 aromatic rings. The largest absolute Gasteiger partial charge is 0.398 e. The van der Waals surface area contributed by atoms with Crippen LogP contribution in [0.15, 0.2) is 30.3 Å². The van der Waals surface area contributed by atoms with E-state index in [1.807, 2.05) is 30.3 Å². The van der Waals surface area contributed by atoms with Gasteiger partial charge in [-0.2, -0.15) is 0 Å². The maximum Gasteiger partial charge on any atom is 0.239 e. The summed E-state index contributed by atoms with van der Waals surface area (Å²) in [6, 6.07) is 9.68. The van der Waals surface area contributed by atoms with Crippen molar-refractivity contribution in [3.05, 3.63) is 45.1 Å². The normalized spacial score (nSPS) is 13.8. The van der Waals surface area contributed by atoms with Crippen molar-refractivity contribution in [2.75, 3.05) is 23.7 Å². The molecule has 1 aliphatic heterocycles. The van der Waals surface area contributed by atoms with Crippen LogP contribution < -0.4 is 16.0 Å². The van der Waals surface area contributed by atoms with E-state index in [-0.39, 0.29) is 5.91 Å². The molecule has 0 atom stereocenters. The number of nitrogen functional groups attached to an aromatic ring is 1. The fourth-order valence-electron chi connectivity index (χ4n) is 2.75. The van der Waals surface area contributed by atoms with E-state index in [1.165, 1.54) is 11.3 Å². The molecule has 0 spiro atoms. The maximum atomic E-state index is 12.2. The Morgan fingerprint density at radius 1 is 1.36 bits per heavy atom. The van der Waals surface area contributed by atoms with Gasteiger partial charge in [-0.15, -0.1) is 11.3 Å². The first-order valence-electron chi connectivity index (χ1n) is 7.27. The average molecular weight is 336 g/mol. The van der Waals surface area contributed by atoms with Gasteiger partial charge in [0.25, 0.3) is 0 Å². The number of nitrogens with zero attached hydrogens (tertiary/aromatic N) is 1. The minimum absolute atomic E-state index is 0.0137. The summed E-state index contributed by atoms with van der Waals surface area (Å²) in [5.74, 6) is 0.0137. The predicted molar refractivity (Wildman–Crippen MR) is 92.6 cm³/mol. The highest BCUT2D eigenvalue weighted by Crippen LogP contribution is 2.30. The lowest BCUT2D eigenvalue weighted by molar-refractivity contribution is -0.119. The zero-order chi connectivity index (χ0) is 15.5. The van der Waals surface area contributed by atoms with Crippen LogP contribution in [-0.2, 0) is 17.8 Å². The van der Waals surface area contributed by atoms with Crippen molar-refractivity contribution < 1.29 is 4.79 Å². The lowest BCUT2D eigenvalue weighted by Crippen LogP contribution is -2.39. The molecule has 0 aliphatic carbocycles. The van der Waals surface area contributed by atoms with Crippen LogP contribution in [0.25, 0.3) is 0 Å². The van der Waals surface area contributed by atoms with Gasteiger partial charge in [-0.25, -0.2) is 0 Å². The topological polar surface area (TPSA) is 58.4 Å². The van der Waals surface area contributed by atoms with Gasteiger partial charge < -0.3 is 16.0 Å². The standard InChI is InChI=1S/C16H18ClN3OS/c17-15-7-6-11(22-15)9-19-16(21)10-20-8-2-3-12-13(18)4-1-5-14(12)20/h1,4-7H,2-3,8-10,18H2,(H,19,21). The lowest BCUT2D eigenvalue weighted by Gasteiger charge is -2.31. The van der Waals surface area contributed by atoms with Crippen molar-refractivity contribution in [2.45, 2.75) is 19.4 Å². The van der Waals surface area contributed by atoms with Crippen molar-refractivity contribution >= 4 is 40.2 Å². The first-order valence-corrected chi connectivity index (χ1v) is 8.46. The van der Waals surface area contributed by atoms with Gasteiger partial charge >= 0.3 is 0 Å². The van der Waals surface area contributed by atoms with Gasteiger partial charge in [0, 0.05) is 22.8 Å². The van der Waals surface area contributed by atoms with Crippen LogP contribution in [0.2, 0.25) is 4.34 Å². The van der Waals surface area contributed by atoms with E-state index < -0.39 is 0 Å². The molecule has 0 saturated heterocycles. The summed E-state index contributed by atoms with van der Waals surface area (Å²) in [6.07, 6.45) is 2.00. The second kappa shape index (κ2) is 6.58. The van der Waals surface area contributed by atoms with E-state index >= 15 is 0 Å². The third kappa shape index (κ3) is 3.36. The molecule has 1 aliphatic rings. The molecule has 116 valence electrons. The molecule has 22 heavy (non-hydrogen) atoms. The molecule has 0 saturated carbocycles. The lowest BCUT2D eigenvalue weighted by atomic mass is 10.00. The van der Waals surface area contributed by atoms with Gasteiger partial charge in [0.15, 0.2) is 0 Å². The summed E-state index contributed by atoms with van der Waals surface area (Å²) in [7, 11) is 0. The molecule has 4 nitrogen and oxygen atoms in total. The SMILES string of the molecule is Nc1cccc2c1CCCN2CC(=O)NCc1ccc(Cl)s1. The van der Waals surface area contributed by atoms with E-state index in [2.05, 4.69) is 10.2 Å². The molecule has 1 amide bonds. The number of rotatable bonds is 4. The zero-order valence-electron chi connectivity index (χ0n) is 12.1. The van der Waals surface area contributed by atoms with Crippen LogP contribution in [0.1, 0.15) is 16.9 Å². The van der Waals surface area contributed by atoms with Crippen molar-refractivity contribution in [1.82, 2.24) is 5.32 Å². The number of carbonyl (C=O) groups excluding carboxylic acids is 1. The van der Waals surface area contributed by atoms with Crippen LogP contribution in [0, 0.1) is 0 Å². The number of nitrogens with two attached hydrogens (primary N) is 1. The Bertz CT molecular complexity index is 686. The third-order valence-corrected chi connectivity index (χ3v) is 5.04. The van der Waals surface area contributed by atoms with Crippen molar-refractivity contribution in [3.8, 4) is 0 Å². The second-order valence-electron chi connectivity index (χ2n) is 5.35. The van der Waals surface area contributed by atoms with Crippen molar-refractivity contribution in [1.29, 1.82) is 0 Å². The molecular formula is C16H18ClN3OS.